The first-order valence-electron chi connectivity index (χ1n) is 9.55. The number of amides is 1. The highest BCUT2D eigenvalue weighted by Gasteiger charge is 2.14. The minimum absolute atomic E-state index is 0.163. The van der Waals surface area contributed by atoms with Crippen LogP contribution in [0.5, 0.6) is 5.75 Å². The second-order valence-corrected chi connectivity index (χ2v) is 6.34. The first-order valence-corrected chi connectivity index (χ1v) is 9.55. The zero-order valence-corrected chi connectivity index (χ0v) is 17.2. The molecular weight excluding hydrogens is 384 g/mol. The van der Waals surface area contributed by atoms with Crippen molar-refractivity contribution in [3.8, 4) is 17.0 Å². The number of benzene rings is 1. The van der Waals surface area contributed by atoms with Crippen LogP contribution in [0.2, 0.25) is 0 Å². The molecule has 8 heteroatoms. The van der Waals surface area contributed by atoms with Crippen LogP contribution in [0.4, 0.5) is 0 Å². The number of aromatic nitrogens is 2. The predicted octanol–water partition coefficient (Wildman–Crippen LogP) is 3.48. The fourth-order valence-electron chi connectivity index (χ4n) is 2.92. The fourth-order valence-corrected chi connectivity index (χ4v) is 2.92. The van der Waals surface area contributed by atoms with Gasteiger partial charge >= 0.3 is 0 Å². The first-order chi connectivity index (χ1) is 14.6. The highest BCUT2D eigenvalue weighted by Crippen LogP contribution is 2.24. The summed E-state index contributed by atoms with van der Waals surface area (Å²) in [6.45, 7) is 2.53. The number of methoxy groups -OCH3 is 2. The molecule has 0 saturated carbocycles. The van der Waals surface area contributed by atoms with Gasteiger partial charge in [0.1, 0.15) is 17.2 Å². The number of ether oxygens (including phenoxy) is 3. The third-order valence-electron chi connectivity index (χ3n) is 4.44. The summed E-state index contributed by atoms with van der Waals surface area (Å²) in [6.07, 6.45) is 7.83. The number of hydrogen-bond donors (Lipinski definition) is 1. The molecule has 1 aliphatic rings. The van der Waals surface area contributed by atoms with Crippen molar-refractivity contribution >= 4 is 12.1 Å². The van der Waals surface area contributed by atoms with Crippen molar-refractivity contribution in [1.29, 1.82) is 0 Å². The van der Waals surface area contributed by atoms with Gasteiger partial charge in [0.25, 0.3) is 5.91 Å². The monoisotopic (exact) mass is 408 g/mol. The maximum Gasteiger partial charge on any atom is 0.291 e. The van der Waals surface area contributed by atoms with Gasteiger partial charge in [-0.3, -0.25) is 9.78 Å². The summed E-state index contributed by atoms with van der Waals surface area (Å²) >= 11 is 0. The molecule has 2 aromatic rings. The summed E-state index contributed by atoms with van der Waals surface area (Å²) in [5.74, 6) is 1.93. The fraction of sp³-hybridized carbons (Fsp3) is 0.273. The van der Waals surface area contributed by atoms with E-state index in [1.165, 1.54) is 12.4 Å². The molecule has 1 N–H and O–H groups in total. The van der Waals surface area contributed by atoms with E-state index in [4.69, 9.17) is 14.2 Å². The minimum atomic E-state index is -0.460. The lowest BCUT2D eigenvalue weighted by Crippen LogP contribution is -2.19. The Morgan fingerprint density at radius 3 is 2.67 bits per heavy atom. The van der Waals surface area contributed by atoms with E-state index in [0.29, 0.717) is 18.7 Å². The molecule has 1 aromatic carbocycles. The molecule has 1 amide bonds. The number of hydrazone groups is 1. The van der Waals surface area contributed by atoms with E-state index in [2.05, 4.69) is 20.5 Å². The van der Waals surface area contributed by atoms with E-state index in [1.54, 1.807) is 20.4 Å². The van der Waals surface area contributed by atoms with Crippen LogP contribution in [-0.2, 0) is 9.47 Å². The average molecular weight is 408 g/mol. The van der Waals surface area contributed by atoms with Gasteiger partial charge in [0.2, 0.25) is 0 Å². The Kier molecular flexibility index (Phi) is 7.15. The van der Waals surface area contributed by atoms with Crippen LogP contribution in [0.3, 0.4) is 0 Å². The highest BCUT2D eigenvalue weighted by atomic mass is 16.5. The van der Waals surface area contributed by atoms with Crippen LogP contribution >= 0.6 is 0 Å². The second kappa shape index (κ2) is 10.2. The SMILES string of the molecule is CCOc1ccc(-c2cncc(C(=O)N/N=C/C3=C(OC)CCC(OC)=C3)n2)cc1. The lowest BCUT2D eigenvalue weighted by Gasteiger charge is -2.16. The largest absolute Gasteiger partial charge is 0.501 e. The Balaban J connectivity index is 1.70. The number of carbonyl (C=O) groups is 1. The topological polar surface area (TPSA) is 94.9 Å². The molecule has 0 spiro atoms. The van der Waals surface area contributed by atoms with E-state index in [1.807, 2.05) is 37.3 Å². The Hall–Kier alpha value is -3.68. The molecule has 0 fully saturated rings. The van der Waals surface area contributed by atoms with Gasteiger partial charge in [-0.2, -0.15) is 5.10 Å². The molecule has 0 atom stereocenters. The molecule has 1 aliphatic carbocycles. The number of nitrogens with zero attached hydrogens (tertiary/aromatic N) is 3. The van der Waals surface area contributed by atoms with Crippen molar-refractivity contribution < 1.29 is 19.0 Å². The Bertz CT molecular complexity index is 981. The lowest BCUT2D eigenvalue weighted by molar-refractivity contribution is 0.0950. The number of carbonyl (C=O) groups excluding carboxylic acids is 1. The smallest absolute Gasteiger partial charge is 0.291 e. The van der Waals surface area contributed by atoms with E-state index >= 15 is 0 Å². The third-order valence-corrected chi connectivity index (χ3v) is 4.44. The van der Waals surface area contributed by atoms with Crippen molar-refractivity contribution in [3.05, 3.63) is 65.5 Å². The number of rotatable bonds is 8. The van der Waals surface area contributed by atoms with Gasteiger partial charge in [-0.1, -0.05) is 0 Å². The Morgan fingerprint density at radius 1 is 1.17 bits per heavy atom. The maximum absolute atomic E-state index is 12.4. The molecule has 30 heavy (non-hydrogen) atoms. The van der Waals surface area contributed by atoms with Crippen LogP contribution in [0.15, 0.2) is 64.9 Å². The zero-order chi connectivity index (χ0) is 21.3. The Morgan fingerprint density at radius 2 is 1.97 bits per heavy atom. The van der Waals surface area contributed by atoms with Gasteiger partial charge in [-0.05, 0) is 37.3 Å². The summed E-state index contributed by atoms with van der Waals surface area (Å²) in [5.41, 5.74) is 4.80. The van der Waals surface area contributed by atoms with Crippen molar-refractivity contribution in [2.45, 2.75) is 19.8 Å². The van der Waals surface area contributed by atoms with E-state index < -0.39 is 5.91 Å². The summed E-state index contributed by atoms with van der Waals surface area (Å²) in [5, 5.41) is 4.03. The van der Waals surface area contributed by atoms with Crippen molar-refractivity contribution in [2.75, 3.05) is 20.8 Å². The van der Waals surface area contributed by atoms with Crippen molar-refractivity contribution in [1.82, 2.24) is 15.4 Å². The molecule has 0 bridgehead atoms. The number of hydrogen-bond acceptors (Lipinski definition) is 7. The number of nitrogens with one attached hydrogen (secondary N) is 1. The van der Waals surface area contributed by atoms with Gasteiger partial charge < -0.3 is 14.2 Å². The van der Waals surface area contributed by atoms with Gasteiger partial charge in [0.15, 0.2) is 0 Å². The van der Waals surface area contributed by atoms with Crippen molar-refractivity contribution in [2.24, 2.45) is 5.10 Å². The molecule has 1 aromatic heterocycles. The summed E-state index contributed by atoms with van der Waals surface area (Å²) in [6, 6.07) is 7.45. The molecule has 156 valence electrons. The summed E-state index contributed by atoms with van der Waals surface area (Å²) < 4.78 is 16.1. The molecule has 3 rings (SSSR count). The Labute approximate surface area is 175 Å². The third kappa shape index (κ3) is 5.22. The molecule has 0 radical (unpaired) electrons. The standard InChI is InChI=1S/C22H24N4O4/c1-4-30-17-7-5-15(6-8-17)19-13-23-14-20(25-19)22(27)26-24-12-16-11-18(28-2)9-10-21(16)29-3/h5-8,11-14H,4,9-10H2,1-3H3,(H,26,27)/b24-12+. The molecule has 8 nitrogen and oxygen atoms in total. The number of allylic oxidation sites excluding steroid dienone is 4. The summed E-state index contributed by atoms with van der Waals surface area (Å²) in [4.78, 5) is 21.0. The van der Waals surface area contributed by atoms with Crippen LogP contribution in [0.1, 0.15) is 30.3 Å². The lowest BCUT2D eigenvalue weighted by atomic mass is 10.0. The first kappa shape index (κ1) is 21.0. The molecule has 0 unspecified atom stereocenters. The van der Waals surface area contributed by atoms with Crippen LogP contribution in [-0.4, -0.2) is 42.9 Å². The van der Waals surface area contributed by atoms with Gasteiger partial charge in [-0.15, -0.1) is 0 Å². The zero-order valence-electron chi connectivity index (χ0n) is 17.2. The van der Waals surface area contributed by atoms with Crippen LogP contribution in [0.25, 0.3) is 11.3 Å². The van der Waals surface area contributed by atoms with E-state index in [-0.39, 0.29) is 5.69 Å². The molecular formula is C22H24N4O4. The predicted molar refractivity (Wildman–Crippen MR) is 113 cm³/mol. The molecule has 0 aliphatic heterocycles. The van der Waals surface area contributed by atoms with E-state index in [9.17, 15) is 4.79 Å². The van der Waals surface area contributed by atoms with Crippen LogP contribution in [0, 0.1) is 0 Å². The molecule has 1 heterocycles. The second-order valence-electron chi connectivity index (χ2n) is 6.34. The van der Waals surface area contributed by atoms with Gasteiger partial charge in [0.05, 0.1) is 50.9 Å². The van der Waals surface area contributed by atoms with E-state index in [0.717, 1.165) is 34.8 Å². The highest BCUT2D eigenvalue weighted by molar-refractivity contribution is 5.93. The van der Waals surface area contributed by atoms with Crippen molar-refractivity contribution in [3.63, 3.8) is 0 Å². The van der Waals surface area contributed by atoms with Crippen LogP contribution < -0.4 is 10.2 Å². The minimum Gasteiger partial charge on any atom is -0.501 e. The molecule has 0 saturated heterocycles. The summed E-state index contributed by atoms with van der Waals surface area (Å²) in [7, 11) is 3.23. The maximum atomic E-state index is 12.4. The quantitative estimate of drug-likeness (QED) is 0.531. The van der Waals surface area contributed by atoms with Gasteiger partial charge in [-0.25, -0.2) is 10.4 Å². The van der Waals surface area contributed by atoms with Gasteiger partial charge in [0, 0.05) is 24.0 Å². The average Bonchev–Trinajstić information content (AvgIpc) is 2.79. The normalized spacial score (nSPS) is 13.8.